The van der Waals surface area contributed by atoms with Crippen LogP contribution in [0.2, 0.25) is 0 Å². The highest BCUT2D eigenvalue weighted by Gasteiger charge is 2.41. The molecule has 29 heavy (non-hydrogen) atoms. The summed E-state index contributed by atoms with van der Waals surface area (Å²) in [6.07, 6.45) is 0.416. The smallest absolute Gasteiger partial charge is 0.353 e. The van der Waals surface area contributed by atoms with E-state index in [1.54, 1.807) is 0 Å². The number of rotatable bonds is 4. The molecule has 1 saturated heterocycles. The highest BCUT2D eigenvalue weighted by molar-refractivity contribution is 14.0. The molecule has 0 amide bonds. The van der Waals surface area contributed by atoms with Crippen LogP contribution in [0.4, 0.5) is 13.2 Å². The number of aromatic nitrogens is 3. The van der Waals surface area contributed by atoms with Crippen molar-refractivity contribution in [1.82, 2.24) is 29.9 Å². The molecule has 0 aromatic carbocycles. The fraction of sp³-hybridized carbons (Fsp3) is 0.833. The first-order chi connectivity index (χ1) is 13.3. The Morgan fingerprint density at radius 2 is 1.79 bits per heavy atom. The first-order valence-electron chi connectivity index (χ1n) is 9.97. The molecule has 3 rings (SSSR count). The van der Waals surface area contributed by atoms with Gasteiger partial charge in [0.15, 0.2) is 11.8 Å². The Labute approximate surface area is 187 Å². The molecular weight excluding hydrogens is 498 g/mol. The van der Waals surface area contributed by atoms with Crippen LogP contribution in [0.15, 0.2) is 4.99 Å². The lowest BCUT2D eigenvalue weighted by Gasteiger charge is -2.40. The zero-order chi connectivity index (χ0) is 20.3. The lowest BCUT2D eigenvalue weighted by Crippen LogP contribution is -2.57. The normalized spacial score (nSPS) is 20.6. The number of piperazine rings is 1. The SMILES string of the molecule is Cc1nnc(CN=C(NC2CCCC2)N2CCN(C(C)C(F)(F)F)CC2)n1C.I. The predicted molar refractivity (Wildman–Crippen MR) is 116 cm³/mol. The molecule has 2 heterocycles. The fourth-order valence-electron chi connectivity index (χ4n) is 3.75. The van der Waals surface area contributed by atoms with Crippen molar-refractivity contribution in [3.63, 3.8) is 0 Å². The van der Waals surface area contributed by atoms with E-state index >= 15 is 0 Å². The number of aryl methyl sites for hydroxylation is 1. The predicted octanol–water partition coefficient (Wildman–Crippen LogP) is 2.70. The standard InChI is InChI=1S/C18H30F3N7.HI/c1-13(18(19,20)21)27-8-10-28(11-9-27)17(23-15-6-4-5-7-15)22-12-16-25-24-14(2)26(16)3;/h13,15H,4-12H2,1-3H3,(H,22,23);1H. The third kappa shape index (κ3) is 6.19. The van der Waals surface area contributed by atoms with E-state index in [0.29, 0.717) is 38.8 Å². The van der Waals surface area contributed by atoms with Crippen LogP contribution in [0.25, 0.3) is 0 Å². The Bertz CT molecular complexity index is 677. The van der Waals surface area contributed by atoms with E-state index in [2.05, 4.69) is 20.4 Å². The van der Waals surface area contributed by atoms with Gasteiger partial charge in [-0.25, -0.2) is 4.99 Å². The van der Waals surface area contributed by atoms with E-state index in [9.17, 15) is 13.2 Å². The lowest BCUT2D eigenvalue weighted by atomic mass is 10.2. The van der Waals surface area contributed by atoms with Gasteiger partial charge in [0.2, 0.25) is 0 Å². The molecule has 166 valence electrons. The van der Waals surface area contributed by atoms with Crippen LogP contribution in [0, 0.1) is 6.92 Å². The summed E-state index contributed by atoms with van der Waals surface area (Å²) in [4.78, 5) is 8.31. The molecule has 1 aliphatic heterocycles. The molecule has 7 nitrogen and oxygen atoms in total. The number of aliphatic imine (C=N–C) groups is 1. The molecule has 2 fully saturated rings. The van der Waals surface area contributed by atoms with Gasteiger partial charge in [-0.2, -0.15) is 13.2 Å². The molecule has 2 aliphatic rings. The van der Waals surface area contributed by atoms with E-state index < -0.39 is 12.2 Å². The van der Waals surface area contributed by atoms with Gasteiger partial charge in [0, 0.05) is 39.3 Å². The first kappa shape index (κ1) is 24.2. The maximum absolute atomic E-state index is 13.0. The molecule has 11 heteroatoms. The van der Waals surface area contributed by atoms with Crippen LogP contribution in [0.1, 0.15) is 44.3 Å². The summed E-state index contributed by atoms with van der Waals surface area (Å²) < 4.78 is 40.9. The second-order valence-electron chi connectivity index (χ2n) is 7.73. The van der Waals surface area contributed by atoms with Gasteiger partial charge in [-0.15, -0.1) is 34.2 Å². The highest BCUT2D eigenvalue weighted by Crippen LogP contribution is 2.25. The Balaban J connectivity index is 0.00000300. The van der Waals surface area contributed by atoms with Crippen molar-refractivity contribution < 1.29 is 13.2 Å². The third-order valence-electron chi connectivity index (χ3n) is 5.88. The summed E-state index contributed by atoms with van der Waals surface area (Å²) in [5.41, 5.74) is 0. The summed E-state index contributed by atoms with van der Waals surface area (Å²) in [7, 11) is 1.90. The first-order valence-corrected chi connectivity index (χ1v) is 9.97. The minimum absolute atomic E-state index is 0. The third-order valence-corrected chi connectivity index (χ3v) is 5.88. The topological polar surface area (TPSA) is 61.6 Å². The number of guanidine groups is 1. The summed E-state index contributed by atoms with van der Waals surface area (Å²) >= 11 is 0. The van der Waals surface area contributed by atoms with Crippen LogP contribution < -0.4 is 5.32 Å². The summed E-state index contributed by atoms with van der Waals surface area (Å²) in [5, 5.41) is 11.7. The van der Waals surface area contributed by atoms with E-state index in [1.165, 1.54) is 24.7 Å². The van der Waals surface area contributed by atoms with Gasteiger partial charge in [-0.05, 0) is 26.7 Å². The van der Waals surface area contributed by atoms with Crippen molar-refractivity contribution in [2.45, 2.75) is 64.3 Å². The van der Waals surface area contributed by atoms with Crippen molar-refractivity contribution >= 4 is 29.9 Å². The van der Waals surface area contributed by atoms with Gasteiger partial charge in [0.25, 0.3) is 0 Å². The second-order valence-corrected chi connectivity index (χ2v) is 7.73. The number of nitrogens with one attached hydrogen (secondary N) is 1. The zero-order valence-electron chi connectivity index (χ0n) is 17.2. The summed E-state index contributed by atoms with van der Waals surface area (Å²) in [5.74, 6) is 2.37. The molecule has 1 saturated carbocycles. The Kier molecular flexibility index (Phi) is 8.56. The summed E-state index contributed by atoms with van der Waals surface area (Å²) in [6.45, 7) is 5.31. The molecule has 1 aliphatic carbocycles. The summed E-state index contributed by atoms with van der Waals surface area (Å²) in [6, 6.07) is -1.04. The highest BCUT2D eigenvalue weighted by atomic mass is 127. The molecule has 1 aromatic rings. The average Bonchev–Trinajstić information content (AvgIpc) is 3.28. The molecule has 1 atom stereocenters. The van der Waals surface area contributed by atoms with Gasteiger partial charge in [-0.1, -0.05) is 12.8 Å². The fourth-order valence-corrected chi connectivity index (χ4v) is 3.75. The molecule has 1 N–H and O–H groups in total. The lowest BCUT2D eigenvalue weighted by molar-refractivity contribution is -0.181. The van der Waals surface area contributed by atoms with E-state index in [-0.39, 0.29) is 24.0 Å². The van der Waals surface area contributed by atoms with Crippen molar-refractivity contribution in [3.8, 4) is 0 Å². The van der Waals surface area contributed by atoms with Gasteiger partial charge in [-0.3, -0.25) is 4.90 Å². The van der Waals surface area contributed by atoms with Crippen LogP contribution in [0.5, 0.6) is 0 Å². The van der Waals surface area contributed by atoms with E-state index in [1.807, 2.05) is 18.5 Å². The van der Waals surface area contributed by atoms with E-state index in [4.69, 9.17) is 4.99 Å². The maximum Gasteiger partial charge on any atom is 0.403 e. The van der Waals surface area contributed by atoms with Crippen molar-refractivity contribution in [2.24, 2.45) is 12.0 Å². The largest absolute Gasteiger partial charge is 0.403 e. The Hall–Kier alpha value is -1.11. The van der Waals surface area contributed by atoms with Crippen molar-refractivity contribution in [2.75, 3.05) is 26.2 Å². The van der Waals surface area contributed by atoms with Crippen LogP contribution in [-0.2, 0) is 13.6 Å². The molecular formula is C18H31F3IN7. The maximum atomic E-state index is 13.0. The van der Waals surface area contributed by atoms with Crippen molar-refractivity contribution in [3.05, 3.63) is 11.6 Å². The molecule has 0 spiro atoms. The van der Waals surface area contributed by atoms with Crippen LogP contribution in [-0.4, -0.2) is 75.0 Å². The van der Waals surface area contributed by atoms with Gasteiger partial charge < -0.3 is 14.8 Å². The van der Waals surface area contributed by atoms with Crippen LogP contribution >= 0.6 is 24.0 Å². The number of nitrogens with zero attached hydrogens (tertiary/aromatic N) is 6. The number of hydrogen-bond acceptors (Lipinski definition) is 4. The minimum atomic E-state index is -4.19. The number of alkyl halides is 3. The van der Waals surface area contributed by atoms with Crippen molar-refractivity contribution in [1.29, 1.82) is 0 Å². The molecule has 0 bridgehead atoms. The zero-order valence-corrected chi connectivity index (χ0v) is 19.6. The Morgan fingerprint density at radius 1 is 1.17 bits per heavy atom. The minimum Gasteiger partial charge on any atom is -0.353 e. The second kappa shape index (κ2) is 10.3. The van der Waals surface area contributed by atoms with Gasteiger partial charge in [0.1, 0.15) is 18.4 Å². The average molecular weight is 529 g/mol. The molecule has 1 aromatic heterocycles. The number of hydrogen-bond donors (Lipinski definition) is 1. The van der Waals surface area contributed by atoms with Gasteiger partial charge in [0.05, 0.1) is 0 Å². The molecule has 1 unspecified atom stereocenters. The Morgan fingerprint density at radius 3 is 2.31 bits per heavy atom. The number of halogens is 4. The van der Waals surface area contributed by atoms with Crippen LogP contribution in [0.3, 0.4) is 0 Å². The monoisotopic (exact) mass is 529 g/mol. The van der Waals surface area contributed by atoms with E-state index in [0.717, 1.165) is 30.5 Å². The molecule has 0 radical (unpaired) electrons. The van der Waals surface area contributed by atoms with Gasteiger partial charge >= 0.3 is 6.18 Å². The quantitative estimate of drug-likeness (QED) is 0.370.